The maximum atomic E-state index is 12.9. The lowest BCUT2D eigenvalue weighted by atomic mass is 10.1. The molecule has 0 amide bonds. The molecule has 0 aliphatic rings. The Morgan fingerprint density at radius 1 is 0.264 bits per heavy atom. The summed E-state index contributed by atoms with van der Waals surface area (Å²) in [6, 6.07) is 0. The number of hydrogen-bond acceptors (Lipinski definition) is 6. The summed E-state index contributed by atoms with van der Waals surface area (Å²) in [6.07, 6.45) is 74.3. The van der Waals surface area contributed by atoms with Crippen molar-refractivity contribution in [2.75, 3.05) is 13.2 Å². The Balaban J connectivity index is 4.33. The van der Waals surface area contributed by atoms with E-state index < -0.39 is 6.10 Å². The minimum Gasteiger partial charge on any atom is -0.462 e. The van der Waals surface area contributed by atoms with Gasteiger partial charge in [-0.3, -0.25) is 14.4 Å². The fourth-order valence-electron chi connectivity index (χ4n) is 9.49. The molecule has 1 unspecified atom stereocenters. The molecule has 6 nitrogen and oxygen atoms in total. The number of hydrogen-bond donors (Lipinski definition) is 0. The first kappa shape index (κ1) is 69.6. The minimum atomic E-state index is -0.778. The highest BCUT2D eigenvalue weighted by Gasteiger charge is 2.19. The van der Waals surface area contributed by atoms with E-state index in [1.807, 2.05) is 0 Å². The van der Waals surface area contributed by atoms with E-state index in [4.69, 9.17) is 14.2 Å². The number of esters is 3. The van der Waals surface area contributed by atoms with Crippen LogP contribution < -0.4 is 0 Å². The van der Waals surface area contributed by atoms with Gasteiger partial charge in [-0.1, -0.05) is 269 Å². The van der Waals surface area contributed by atoms with Gasteiger partial charge in [-0.25, -0.2) is 0 Å². The smallest absolute Gasteiger partial charge is 0.306 e. The molecule has 0 N–H and O–H groups in total. The summed E-state index contributed by atoms with van der Waals surface area (Å²) in [4.78, 5) is 38.3. The largest absolute Gasteiger partial charge is 0.462 e. The zero-order chi connectivity index (χ0) is 52.2. The lowest BCUT2D eigenvalue weighted by Crippen LogP contribution is -2.30. The number of ether oxygens (including phenoxy) is 3. The number of rotatable bonds is 59. The monoisotopic (exact) mass is 1010 g/mol. The van der Waals surface area contributed by atoms with Crippen LogP contribution in [-0.4, -0.2) is 37.2 Å². The normalized spacial score (nSPS) is 12.2. The molecule has 0 saturated heterocycles. The van der Waals surface area contributed by atoms with E-state index in [0.29, 0.717) is 19.3 Å². The van der Waals surface area contributed by atoms with E-state index in [2.05, 4.69) is 57.2 Å². The molecule has 0 heterocycles. The van der Waals surface area contributed by atoms with E-state index >= 15 is 0 Å². The molecular weight excluding hydrogens is 889 g/mol. The van der Waals surface area contributed by atoms with Crippen molar-refractivity contribution < 1.29 is 28.6 Å². The van der Waals surface area contributed by atoms with Gasteiger partial charge in [0, 0.05) is 19.3 Å². The average molecular weight is 1010 g/mol. The summed E-state index contributed by atoms with van der Waals surface area (Å²) in [5, 5.41) is 0. The molecular formula is C66H122O6. The second kappa shape index (κ2) is 61.2. The van der Waals surface area contributed by atoms with Crippen molar-refractivity contribution in [2.24, 2.45) is 0 Å². The van der Waals surface area contributed by atoms with Crippen LogP contribution in [0.2, 0.25) is 0 Å². The van der Waals surface area contributed by atoms with Crippen LogP contribution in [-0.2, 0) is 28.6 Å². The minimum absolute atomic E-state index is 0.0748. The summed E-state index contributed by atoms with van der Waals surface area (Å²) in [6.45, 7) is 6.67. The second-order valence-electron chi connectivity index (χ2n) is 21.7. The molecule has 72 heavy (non-hydrogen) atoms. The van der Waals surface area contributed by atoms with Gasteiger partial charge in [0.1, 0.15) is 13.2 Å². The van der Waals surface area contributed by atoms with E-state index in [1.165, 1.54) is 244 Å². The lowest BCUT2D eigenvalue weighted by Gasteiger charge is -2.18. The van der Waals surface area contributed by atoms with Crippen molar-refractivity contribution in [3.05, 3.63) is 36.5 Å². The zero-order valence-electron chi connectivity index (χ0n) is 48.5. The number of carbonyl (C=O) groups is 3. The van der Waals surface area contributed by atoms with Crippen LogP contribution in [0.4, 0.5) is 0 Å². The van der Waals surface area contributed by atoms with Crippen LogP contribution in [0.1, 0.15) is 348 Å². The van der Waals surface area contributed by atoms with Crippen LogP contribution >= 0.6 is 0 Å². The van der Waals surface area contributed by atoms with Crippen molar-refractivity contribution in [3.63, 3.8) is 0 Å². The van der Waals surface area contributed by atoms with Gasteiger partial charge in [-0.2, -0.15) is 0 Å². The second-order valence-corrected chi connectivity index (χ2v) is 21.7. The van der Waals surface area contributed by atoms with Gasteiger partial charge in [0.2, 0.25) is 0 Å². The van der Waals surface area contributed by atoms with E-state index in [0.717, 1.165) is 64.2 Å². The molecule has 0 aromatic heterocycles. The third-order valence-electron chi connectivity index (χ3n) is 14.3. The Labute approximate surface area is 448 Å². The first-order chi connectivity index (χ1) is 35.5. The van der Waals surface area contributed by atoms with Crippen LogP contribution in [0, 0.1) is 0 Å². The Bertz CT molecular complexity index is 1210. The van der Waals surface area contributed by atoms with E-state index in [-0.39, 0.29) is 31.1 Å². The van der Waals surface area contributed by atoms with Crippen LogP contribution in [0.5, 0.6) is 0 Å². The maximum Gasteiger partial charge on any atom is 0.306 e. The topological polar surface area (TPSA) is 78.9 Å². The molecule has 0 spiro atoms. The molecule has 0 rings (SSSR count). The number of carbonyl (C=O) groups excluding carboxylic acids is 3. The summed E-state index contributed by atoms with van der Waals surface area (Å²) in [5.41, 5.74) is 0. The maximum absolute atomic E-state index is 12.9. The molecule has 1 atom stereocenters. The SMILES string of the molecule is CCCCCCCC/C=C\CCCCCCCC(=O)OCC(COC(=O)CCCCCCCCCCC/C=C\CCCCCCCCCC)OC(=O)CCCCCCCCC/C=C\CCCCCCCCC. The third kappa shape index (κ3) is 58.5. The molecule has 6 heteroatoms. The molecule has 0 saturated carbocycles. The van der Waals surface area contributed by atoms with Gasteiger partial charge >= 0.3 is 17.9 Å². The molecule has 0 radical (unpaired) electrons. The third-order valence-corrected chi connectivity index (χ3v) is 14.3. The van der Waals surface area contributed by atoms with Crippen LogP contribution in [0.25, 0.3) is 0 Å². The first-order valence-corrected chi connectivity index (χ1v) is 32.0. The van der Waals surface area contributed by atoms with Gasteiger partial charge in [0.05, 0.1) is 0 Å². The first-order valence-electron chi connectivity index (χ1n) is 32.0. The quantitative estimate of drug-likeness (QED) is 0.0261. The highest BCUT2D eigenvalue weighted by molar-refractivity contribution is 5.71. The Morgan fingerprint density at radius 3 is 0.694 bits per heavy atom. The van der Waals surface area contributed by atoms with Crippen molar-refractivity contribution in [1.82, 2.24) is 0 Å². The highest BCUT2D eigenvalue weighted by Crippen LogP contribution is 2.17. The van der Waals surface area contributed by atoms with E-state index in [1.54, 1.807) is 0 Å². The number of unbranched alkanes of at least 4 members (excludes halogenated alkanes) is 42. The summed E-state index contributed by atoms with van der Waals surface area (Å²) in [7, 11) is 0. The lowest BCUT2D eigenvalue weighted by molar-refractivity contribution is -0.167. The molecule has 0 aliphatic carbocycles. The van der Waals surface area contributed by atoms with Crippen LogP contribution in [0.3, 0.4) is 0 Å². The average Bonchev–Trinajstić information content (AvgIpc) is 3.38. The van der Waals surface area contributed by atoms with Gasteiger partial charge in [0.15, 0.2) is 6.10 Å². The molecule has 0 aromatic carbocycles. The van der Waals surface area contributed by atoms with Gasteiger partial charge < -0.3 is 14.2 Å². The predicted molar refractivity (Wildman–Crippen MR) is 312 cm³/mol. The highest BCUT2D eigenvalue weighted by atomic mass is 16.6. The summed E-state index contributed by atoms with van der Waals surface area (Å²) >= 11 is 0. The van der Waals surface area contributed by atoms with Crippen molar-refractivity contribution in [3.8, 4) is 0 Å². The van der Waals surface area contributed by atoms with Crippen molar-refractivity contribution >= 4 is 17.9 Å². The number of allylic oxidation sites excluding steroid dienone is 6. The molecule has 0 aliphatic heterocycles. The van der Waals surface area contributed by atoms with Crippen molar-refractivity contribution in [2.45, 2.75) is 354 Å². The zero-order valence-corrected chi connectivity index (χ0v) is 48.5. The van der Waals surface area contributed by atoms with Gasteiger partial charge in [0.25, 0.3) is 0 Å². The Hall–Kier alpha value is -2.37. The molecule has 422 valence electrons. The van der Waals surface area contributed by atoms with E-state index in [9.17, 15) is 14.4 Å². The predicted octanol–water partition coefficient (Wildman–Crippen LogP) is 21.6. The summed E-state index contributed by atoms with van der Waals surface area (Å²) < 4.78 is 16.9. The fraction of sp³-hybridized carbons (Fsp3) is 0.864. The molecule has 0 fully saturated rings. The molecule has 0 bridgehead atoms. The summed E-state index contributed by atoms with van der Waals surface area (Å²) in [5.74, 6) is -0.868. The van der Waals surface area contributed by atoms with Crippen molar-refractivity contribution in [1.29, 1.82) is 0 Å². The van der Waals surface area contributed by atoms with Gasteiger partial charge in [-0.15, -0.1) is 0 Å². The van der Waals surface area contributed by atoms with Gasteiger partial charge in [-0.05, 0) is 96.3 Å². The standard InChI is InChI=1S/C66H122O6/c1-4-7-10-13-16-19-22-25-28-30-32-33-34-36-38-41-44-47-50-53-56-59-65(68)71-62-63(61-70-64(67)58-55-52-49-46-43-40-37-27-24-21-18-15-12-9-6-3)72-66(69)60-57-54-51-48-45-42-39-35-31-29-26-23-20-17-14-11-8-5-2/h27,29-32,37,63H,4-26,28,33-36,38-62H2,1-3H3/b31-29-,32-30-,37-27-. The fourth-order valence-corrected chi connectivity index (χ4v) is 9.49. The Kier molecular flexibility index (Phi) is 59.2. The Morgan fingerprint density at radius 2 is 0.458 bits per heavy atom. The van der Waals surface area contributed by atoms with Crippen LogP contribution in [0.15, 0.2) is 36.5 Å². The molecule has 0 aromatic rings.